The van der Waals surface area contributed by atoms with Gasteiger partial charge in [0.15, 0.2) is 0 Å². The fourth-order valence-electron chi connectivity index (χ4n) is 4.75. The molecule has 0 heterocycles. The van der Waals surface area contributed by atoms with Gasteiger partial charge in [-0.25, -0.2) is 0 Å². The molecule has 0 spiro atoms. The van der Waals surface area contributed by atoms with Crippen molar-refractivity contribution in [3.63, 3.8) is 0 Å². The summed E-state index contributed by atoms with van der Waals surface area (Å²) in [7, 11) is 0. The lowest BCUT2D eigenvalue weighted by atomic mass is 9.92. The van der Waals surface area contributed by atoms with Crippen molar-refractivity contribution >= 4 is 11.4 Å². The van der Waals surface area contributed by atoms with Gasteiger partial charge in [-0.2, -0.15) is 0 Å². The van der Waals surface area contributed by atoms with Crippen LogP contribution in [0.3, 0.4) is 0 Å². The van der Waals surface area contributed by atoms with Crippen molar-refractivity contribution in [3.05, 3.63) is 70.8 Å². The molecule has 30 heavy (non-hydrogen) atoms. The number of aryl methyl sites for hydroxylation is 2. The first-order valence-corrected chi connectivity index (χ1v) is 12.0. The highest BCUT2D eigenvalue weighted by Crippen LogP contribution is 2.25. The van der Waals surface area contributed by atoms with E-state index >= 15 is 0 Å². The Morgan fingerprint density at radius 2 is 0.867 bits per heavy atom. The van der Waals surface area contributed by atoms with Crippen molar-refractivity contribution in [2.45, 2.75) is 90.1 Å². The van der Waals surface area contributed by atoms with Gasteiger partial charge in [0, 0.05) is 11.1 Å². The van der Waals surface area contributed by atoms with Crippen molar-refractivity contribution in [1.82, 2.24) is 0 Å². The molecule has 0 aromatic heterocycles. The van der Waals surface area contributed by atoms with Crippen LogP contribution >= 0.6 is 0 Å². The summed E-state index contributed by atoms with van der Waals surface area (Å²) in [5, 5.41) is 0. The molecule has 2 aromatic carbocycles. The van der Waals surface area contributed by atoms with Gasteiger partial charge in [-0.05, 0) is 39.5 Å². The van der Waals surface area contributed by atoms with Crippen molar-refractivity contribution in [3.8, 4) is 0 Å². The standard InChI is InChI=1S/C28H36N2/c1-21-13-17-23(18-14-21)27(29-25-9-5-3-6-10-25)28(24-19-15-22(2)16-20-24)30-26-11-7-4-8-12-26/h13-20,25-26H,3-12H2,1-2H3. The van der Waals surface area contributed by atoms with E-state index in [0.29, 0.717) is 12.1 Å². The second-order valence-corrected chi connectivity index (χ2v) is 9.27. The topological polar surface area (TPSA) is 24.7 Å². The van der Waals surface area contributed by atoms with E-state index in [1.807, 2.05) is 0 Å². The van der Waals surface area contributed by atoms with Crippen LogP contribution in [0.15, 0.2) is 58.5 Å². The monoisotopic (exact) mass is 400 g/mol. The molecule has 2 saturated carbocycles. The average molecular weight is 401 g/mol. The minimum absolute atomic E-state index is 0.428. The third-order valence-corrected chi connectivity index (χ3v) is 6.65. The van der Waals surface area contributed by atoms with E-state index in [1.165, 1.54) is 86.5 Å². The smallest absolute Gasteiger partial charge is 0.0908 e. The van der Waals surface area contributed by atoms with Crippen LogP contribution in [0.25, 0.3) is 0 Å². The van der Waals surface area contributed by atoms with Gasteiger partial charge in [-0.15, -0.1) is 0 Å². The highest BCUT2D eigenvalue weighted by molar-refractivity contribution is 6.53. The zero-order valence-electron chi connectivity index (χ0n) is 18.7. The average Bonchev–Trinajstić information content (AvgIpc) is 2.79. The number of hydrogen-bond donors (Lipinski definition) is 0. The Labute approximate surface area is 182 Å². The SMILES string of the molecule is Cc1ccc(C(=NC2CCCCC2)C(=NC2CCCCC2)c2ccc(C)cc2)cc1. The normalized spacial score (nSPS) is 19.8. The van der Waals surface area contributed by atoms with Crippen LogP contribution in [-0.4, -0.2) is 23.5 Å². The Morgan fingerprint density at radius 1 is 0.533 bits per heavy atom. The summed E-state index contributed by atoms with van der Waals surface area (Å²) in [6, 6.07) is 18.6. The fraction of sp³-hybridized carbons (Fsp3) is 0.500. The van der Waals surface area contributed by atoms with Gasteiger partial charge in [0.25, 0.3) is 0 Å². The van der Waals surface area contributed by atoms with Gasteiger partial charge < -0.3 is 0 Å². The number of aliphatic imine (C=N–C) groups is 2. The molecule has 2 aliphatic carbocycles. The molecule has 158 valence electrons. The molecular weight excluding hydrogens is 364 g/mol. The second kappa shape index (κ2) is 10.2. The van der Waals surface area contributed by atoms with Crippen molar-refractivity contribution in [1.29, 1.82) is 0 Å². The van der Waals surface area contributed by atoms with Crippen LogP contribution in [0.2, 0.25) is 0 Å². The third kappa shape index (κ3) is 5.47. The van der Waals surface area contributed by atoms with Crippen molar-refractivity contribution in [2.24, 2.45) is 9.98 Å². The van der Waals surface area contributed by atoms with E-state index in [2.05, 4.69) is 62.4 Å². The predicted molar refractivity (Wildman–Crippen MR) is 129 cm³/mol. The molecule has 0 unspecified atom stereocenters. The van der Waals surface area contributed by atoms with E-state index in [4.69, 9.17) is 9.98 Å². The van der Waals surface area contributed by atoms with E-state index in [0.717, 1.165) is 11.4 Å². The number of hydrogen-bond acceptors (Lipinski definition) is 2. The molecule has 0 amide bonds. The molecule has 0 saturated heterocycles. The molecule has 2 aromatic rings. The van der Waals surface area contributed by atoms with Crippen LogP contribution < -0.4 is 0 Å². The zero-order valence-corrected chi connectivity index (χ0v) is 18.7. The molecule has 0 N–H and O–H groups in total. The van der Waals surface area contributed by atoms with Crippen LogP contribution in [-0.2, 0) is 0 Å². The minimum Gasteiger partial charge on any atom is -0.279 e. The third-order valence-electron chi connectivity index (χ3n) is 6.65. The van der Waals surface area contributed by atoms with Gasteiger partial charge >= 0.3 is 0 Å². The molecule has 2 aliphatic rings. The van der Waals surface area contributed by atoms with Gasteiger partial charge in [0.1, 0.15) is 0 Å². The Hall–Kier alpha value is -2.22. The maximum absolute atomic E-state index is 5.39. The maximum atomic E-state index is 5.39. The van der Waals surface area contributed by atoms with Crippen LogP contribution in [0.5, 0.6) is 0 Å². The van der Waals surface area contributed by atoms with E-state index in [9.17, 15) is 0 Å². The number of nitrogens with zero attached hydrogens (tertiary/aromatic N) is 2. The Balaban J connectivity index is 1.80. The van der Waals surface area contributed by atoms with E-state index in [1.54, 1.807) is 0 Å². The second-order valence-electron chi connectivity index (χ2n) is 9.27. The van der Waals surface area contributed by atoms with Crippen LogP contribution in [0, 0.1) is 13.8 Å². The summed E-state index contributed by atoms with van der Waals surface area (Å²) < 4.78 is 0. The molecule has 0 aliphatic heterocycles. The van der Waals surface area contributed by atoms with Crippen LogP contribution in [0.4, 0.5) is 0 Å². The van der Waals surface area contributed by atoms with Gasteiger partial charge in [0.05, 0.1) is 23.5 Å². The van der Waals surface area contributed by atoms with Gasteiger partial charge in [-0.3, -0.25) is 9.98 Å². The molecule has 2 nitrogen and oxygen atoms in total. The molecule has 2 fully saturated rings. The largest absolute Gasteiger partial charge is 0.279 e. The maximum Gasteiger partial charge on any atom is 0.0908 e. The Kier molecular flexibility index (Phi) is 7.15. The molecule has 2 heteroatoms. The highest BCUT2D eigenvalue weighted by atomic mass is 14.9. The summed E-state index contributed by atoms with van der Waals surface area (Å²) in [6.45, 7) is 4.30. The van der Waals surface area contributed by atoms with Crippen molar-refractivity contribution in [2.75, 3.05) is 0 Å². The molecule has 0 radical (unpaired) electrons. The molecular formula is C28H36N2. The van der Waals surface area contributed by atoms with Crippen molar-refractivity contribution < 1.29 is 0 Å². The first kappa shape index (κ1) is 21.0. The lowest BCUT2D eigenvalue weighted by Crippen LogP contribution is -2.24. The van der Waals surface area contributed by atoms with Crippen LogP contribution in [0.1, 0.15) is 86.5 Å². The fourth-order valence-corrected chi connectivity index (χ4v) is 4.75. The lowest BCUT2D eigenvalue weighted by Gasteiger charge is -2.23. The summed E-state index contributed by atoms with van der Waals surface area (Å²) in [5.74, 6) is 0. The number of benzene rings is 2. The summed E-state index contributed by atoms with van der Waals surface area (Å²) in [5.41, 5.74) is 7.21. The predicted octanol–water partition coefficient (Wildman–Crippen LogP) is 7.25. The quantitative estimate of drug-likeness (QED) is 0.472. The minimum atomic E-state index is 0.428. The summed E-state index contributed by atoms with van der Waals surface area (Å²) >= 11 is 0. The lowest BCUT2D eigenvalue weighted by molar-refractivity contribution is 0.442. The molecule has 0 atom stereocenters. The first-order chi connectivity index (χ1) is 14.7. The first-order valence-electron chi connectivity index (χ1n) is 12.0. The molecule has 4 rings (SSSR count). The Bertz CT molecular complexity index is 786. The van der Waals surface area contributed by atoms with E-state index in [-0.39, 0.29) is 0 Å². The van der Waals surface area contributed by atoms with Gasteiger partial charge in [-0.1, -0.05) is 98.2 Å². The number of rotatable bonds is 5. The molecule has 0 bridgehead atoms. The zero-order chi connectivity index (χ0) is 20.8. The van der Waals surface area contributed by atoms with Gasteiger partial charge in [0.2, 0.25) is 0 Å². The highest BCUT2D eigenvalue weighted by Gasteiger charge is 2.21. The Morgan fingerprint density at radius 3 is 1.20 bits per heavy atom. The van der Waals surface area contributed by atoms with E-state index < -0.39 is 0 Å². The summed E-state index contributed by atoms with van der Waals surface area (Å²) in [4.78, 5) is 10.8. The summed E-state index contributed by atoms with van der Waals surface area (Å²) in [6.07, 6.45) is 12.7.